The number of hydrogen-bond donors (Lipinski definition) is 0. The van der Waals surface area contributed by atoms with Gasteiger partial charge in [-0.2, -0.15) is 22.1 Å². The Kier molecular flexibility index (Phi) is 6.37. The van der Waals surface area contributed by atoms with Crippen molar-refractivity contribution in [3.05, 3.63) is 47.5 Å². The Hall–Kier alpha value is -2.01. The molecule has 0 amide bonds. The molecule has 1 atom stereocenters. The summed E-state index contributed by atoms with van der Waals surface area (Å²) in [6, 6.07) is 7.96. The van der Waals surface area contributed by atoms with Crippen molar-refractivity contribution in [2.24, 2.45) is 7.05 Å². The van der Waals surface area contributed by atoms with Crippen molar-refractivity contribution in [2.75, 3.05) is 39.4 Å². The maximum absolute atomic E-state index is 13.2. The molecule has 10 heteroatoms. The number of morpholine rings is 1. The number of halogens is 1. The summed E-state index contributed by atoms with van der Waals surface area (Å²) in [7, 11) is -1.62. The van der Waals surface area contributed by atoms with Crippen LogP contribution in [0.25, 0.3) is 0 Å². The average molecular weight is 439 g/mol. The maximum atomic E-state index is 13.2. The van der Waals surface area contributed by atoms with Crippen LogP contribution in [0.4, 0.5) is 4.39 Å². The second kappa shape index (κ2) is 9.01. The molecule has 8 nitrogen and oxygen atoms in total. The molecule has 3 heterocycles. The van der Waals surface area contributed by atoms with Crippen LogP contribution in [-0.2, 0) is 28.4 Å². The van der Waals surface area contributed by atoms with Gasteiger partial charge in [-0.25, -0.2) is 4.39 Å². The number of nitrogens with zero attached hydrogens (tertiary/aromatic N) is 4. The van der Waals surface area contributed by atoms with Crippen molar-refractivity contribution in [3.63, 3.8) is 0 Å². The molecule has 30 heavy (non-hydrogen) atoms. The molecule has 2 aliphatic heterocycles. The van der Waals surface area contributed by atoms with E-state index in [-0.39, 0.29) is 12.4 Å². The predicted molar refractivity (Wildman–Crippen MR) is 109 cm³/mol. The van der Waals surface area contributed by atoms with Crippen LogP contribution in [0.3, 0.4) is 0 Å². The minimum absolute atomic E-state index is 0.259. The molecule has 2 aliphatic rings. The third-order valence-corrected chi connectivity index (χ3v) is 7.50. The van der Waals surface area contributed by atoms with E-state index >= 15 is 0 Å². The van der Waals surface area contributed by atoms with Gasteiger partial charge in [0.1, 0.15) is 17.7 Å². The van der Waals surface area contributed by atoms with E-state index in [9.17, 15) is 12.8 Å². The van der Waals surface area contributed by atoms with E-state index in [0.717, 1.165) is 18.5 Å². The number of hydrogen-bond acceptors (Lipinski definition) is 5. The Morgan fingerprint density at radius 3 is 2.77 bits per heavy atom. The van der Waals surface area contributed by atoms with Gasteiger partial charge in [0.05, 0.1) is 18.9 Å². The normalized spacial score (nSPS) is 21.2. The van der Waals surface area contributed by atoms with Crippen LogP contribution in [0.1, 0.15) is 30.3 Å². The Balaban J connectivity index is 1.38. The first-order valence-electron chi connectivity index (χ1n) is 10.2. The fourth-order valence-corrected chi connectivity index (χ4v) is 5.52. The molecule has 164 valence electrons. The van der Waals surface area contributed by atoms with Crippen molar-refractivity contribution >= 4 is 10.2 Å². The van der Waals surface area contributed by atoms with Crippen molar-refractivity contribution in [1.82, 2.24) is 18.4 Å². The van der Waals surface area contributed by atoms with Gasteiger partial charge in [0.15, 0.2) is 0 Å². The number of benzene rings is 1. The van der Waals surface area contributed by atoms with Crippen molar-refractivity contribution < 1.29 is 22.3 Å². The van der Waals surface area contributed by atoms with E-state index in [1.807, 2.05) is 13.1 Å². The molecule has 0 aliphatic carbocycles. The molecule has 2 saturated heterocycles. The van der Waals surface area contributed by atoms with Crippen molar-refractivity contribution in [2.45, 2.75) is 25.4 Å². The third kappa shape index (κ3) is 4.66. The molecular weight excluding hydrogens is 411 g/mol. The zero-order valence-corrected chi connectivity index (χ0v) is 17.9. The lowest BCUT2D eigenvalue weighted by Gasteiger charge is -2.33. The predicted octanol–water partition coefficient (Wildman–Crippen LogP) is 1.89. The molecule has 0 spiro atoms. The lowest BCUT2D eigenvalue weighted by atomic mass is 10.2. The summed E-state index contributed by atoms with van der Waals surface area (Å²) in [5.74, 6) is 0.147. The fraction of sp³-hybridized carbons (Fsp3) is 0.550. The van der Waals surface area contributed by atoms with Gasteiger partial charge in [-0.15, -0.1) is 0 Å². The summed E-state index contributed by atoms with van der Waals surface area (Å²) in [5, 5.41) is 4.53. The SMILES string of the molecule is Cn1nc([C@H]2CN(S(=O)(=O)N3CCCC3)CCO2)cc1CCOc1cccc(F)c1. The molecule has 4 rings (SSSR count). The lowest BCUT2D eigenvalue weighted by Crippen LogP contribution is -2.48. The maximum Gasteiger partial charge on any atom is 0.282 e. The van der Waals surface area contributed by atoms with Gasteiger partial charge in [0.2, 0.25) is 0 Å². The number of aryl methyl sites for hydroxylation is 1. The quantitative estimate of drug-likeness (QED) is 0.660. The highest BCUT2D eigenvalue weighted by Crippen LogP contribution is 2.26. The molecule has 0 radical (unpaired) electrons. The zero-order valence-electron chi connectivity index (χ0n) is 17.0. The summed E-state index contributed by atoms with van der Waals surface area (Å²) < 4.78 is 55.2. The Morgan fingerprint density at radius 2 is 2.00 bits per heavy atom. The topological polar surface area (TPSA) is 76.9 Å². The summed E-state index contributed by atoms with van der Waals surface area (Å²) in [4.78, 5) is 0. The van der Waals surface area contributed by atoms with Crippen LogP contribution in [0.2, 0.25) is 0 Å². The van der Waals surface area contributed by atoms with Crippen LogP contribution in [-0.4, -0.2) is 66.2 Å². The van der Waals surface area contributed by atoms with Crippen LogP contribution < -0.4 is 4.74 Å². The highest BCUT2D eigenvalue weighted by Gasteiger charge is 2.36. The lowest BCUT2D eigenvalue weighted by molar-refractivity contribution is -0.00672. The molecule has 1 aromatic carbocycles. The fourth-order valence-electron chi connectivity index (χ4n) is 3.85. The minimum atomic E-state index is -3.45. The molecule has 0 N–H and O–H groups in total. The first-order chi connectivity index (χ1) is 14.4. The van der Waals surface area contributed by atoms with Crippen LogP contribution in [0, 0.1) is 5.82 Å². The number of ether oxygens (including phenoxy) is 2. The first-order valence-corrected chi connectivity index (χ1v) is 11.6. The molecular formula is C20H27FN4O4S. The molecule has 2 fully saturated rings. The van der Waals surface area contributed by atoms with Gasteiger partial charge in [0.25, 0.3) is 10.2 Å². The molecule has 0 unspecified atom stereocenters. The molecule has 1 aromatic heterocycles. The van der Waals surface area contributed by atoms with Crippen molar-refractivity contribution in [3.8, 4) is 5.75 Å². The van der Waals surface area contributed by atoms with Gasteiger partial charge in [-0.3, -0.25) is 4.68 Å². The standard InChI is InChI=1S/C20H27FN4O4S/c1-23-17(7-11-28-18-6-4-5-16(21)13-18)14-19(22-23)20-15-25(10-12-29-20)30(26,27)24-8-2-3-9-24/h4-6,13-14,20H,2-3,7-12,15H2,1H3/t20-/m1/s1. The zero-order chi connectivity index (χ0) is 21.1. The summed E-state index contributed by atoms with van der Waals surface area (Å²) in [6.07, 6.45) is 2.01. The molecule has 0 bridgehead atoms. The highest BCUT2D eigenvalue weighted by molar-refractivity contribution is 7.86. The van der Waals surface area contributed by atoms with Gasteiger partial charge >= 0.3 is 0 Å². The monoisotopic (exact) mass is 438 g/mol. The summed E-state index contributed by atoms with van der Waals surface area (Å²) in [6.45, 7) is 2.51. The number of rotatable bonds is 7. The molecule has 2 aromatic rings. The summed E-state index contributed by atoms with van der Waals surface area (Å²) in [5.41, 5.74) is 1.64. The third-order valence-electron chi connectivity index (χ3n) is 5.50. The van der Waals surface area contributed by atoms with E-state index in [1.54, 1.807) is 21.1 Å². The highest BCUT2D eigenvalue weighted by atomic mass is 32.2. The number of aromatic nitrogens is 2. The smallest absolute Gasteiger partial charge is 0.282 e. The van der Waals surface area contributed by atoms with Gasteiger partial charge < -0.3 is 9.47 Å². The Morgan fingerprint density at radius 1 is 1.20 bits per heavy atom. The van der Waals surface area contributed by atoms with E-state index < -0.39 is 16.3 Å². The average Bonchev–Trinajstić information content (AvgIpc) is 3.39. The Bertz CT molecular complexity index is 975. The van der Waals surface area contributed by atoms with E-state index in [4.69, 9.17) is 9.47 Å². The molecule has 0 saturated carbocycles. The van der Waals surface area contributed by atoms with Gasteiger partial charge in [-0.05, 0) is 31.0 Å². The summed E-state index contributed by atoms with van der Waals surface area (Å²) >= 11 is 0. The van der Waals surface area contributed by atoms with Gasteiger partial charge in [0, 0.05) is 51.4 Å². The van der Waals surface area contributed by atoms with Crippen LogP contribution in [0.5, 0.6) is 5.75 Å². The van der Waals surface area contributed by atoms with Crippen LogP contribution in [0.15, 0.2) is 30.3 Å². The first kappa shape index (κ1) is 21.2. The van der Waals surface area contributed by atoms with Crippen LogP contribution >= 0.6 is 0 Å². The minimum Gasteiger partial charge on any atom is -0.493 e. The second-order valence-corrected chi connectivity index (χ2v) is 9.50. The second-order valence-electron chi connectivity index (χ2n) is 7.57. The largest absolute Gasteiger partial charge is 0.493 e. The van der Waals surface area contributed by atoms with E-state index in [0.29, 0.717) is 50.7 Å². The Labute approximate surface area is 176 Å². The van der Waals surface area contributed by atoms with E-state index in [1.165, 1.54) is 16.4 Å². The van der Waals surface area contributed by atoms with E-state index in [2.05, 4.69) is 5.10 Å². The van der Waals surface area contributed by atoms with Gasteiger partial charge in [-0.1, -0.05) is 6.07 Å². The van der Waals surface area contributed by atoms with Crippen molar-refractivity contribution in [1.29, 1.82) is 0 Å².